The first kappa shape index (κ1) is 18.1. The lowest BCUT2D eigenvalue weighted by Crippen LogP contribution is -2.36. The van der Waals surface area contributed by atoms with Crippen LogP contribution in [0.25, 0.3) is 0 Å². The molecule has 1 N–H and O–H groups in total. The van der Waals surface area contributed by atoms with Crippen LogP contribution in [0.15, 0.2) is 61.2 Å². The van der Waals surface area contributed by atoms with E-state index in [2.05, 4.69) is 24.1 Å². The van der Waals surface area contributed by atoms with Gasteiger partial charge in [0.05, 0.1) is 6.33 Å². The molecule has 1 aliphatic heterocycles. The van der Waals surface area contributed by atoms with Gasteiger partial charge in [0, 0.05) is 36.5 Å². The Labute approximate surface area is 164 Å². The second-order valence-corrected chi connectivity index (χ2v) is 7.57. The number of hydrogen-bond acceptors (Lipinski definition) is 4. The number of amides is 1. The second-order valence-electron chi connectivity index (χ2n) is 7.57. The van der Waals surface area contributed by atoms with Crippen molar-refractivity contribution in [3.8, 4) is 11.5 Å². The topological polar surface area (TPSA) is 65.4 Å². The van der Waals surface area contributed by atoms with E-state index in [1.165, 1.54) is 0 Å². The number of benzene rings is 2. The van der Waals surface area contributed by atoms with Crippen molar-refractivity contribution in [1.82, 2.24) is 14.9 Å². The highest BCUT2D eigenvalue weighted by atomic mass is 16.7. The van der Waals surface area contributed by atoms with Gasteiger partial charge in [0.25, 0.3) is 5.91 Å². The Morgan fingerprint density at radius 2 is 1.93 bits per heavy atom. The van der Waals surface area contributed by atoms with E-state index < -0.39 is 0 Å². The van der Waals surface area contributed by atoms with E-state index >= 15 is 0 Å². The Hall–Kier alpha value is -3.28. The number of rotatable bonds is 6. The minimum atomic E-state index is -0.238. The summed E-state index contributed by atoms with van der Waals surface area (Å²) >= 11 is 0. The molecule has 0 spiro atoms. The lowest BCUT2D eigenvalue weighted by molar-refractivity contribution is 0.0945. The van der Waals surface area contributed by atoms with Crippen LogP contribution in [-0.2, 0) is 12.0 Å². The van der Waals surface area contributed by atoms with Crippen molar-refractivity contribution in [2.45, 2.75) is 25.8 Å². The number of aromatic nitrogens is 2. The number of ether oxygens (including phenoxy) is 2. The smallest absolute Gasteiger partial charge is 0.251 e. The van der Waals surface area contributed by atoms with Gasteiger partial charge in [-0.2, -0.15) is 0 Å². The molecule has 6 nitrogen and oxygen atoms in total. The highest BCUT2D eigenvalue weighted by Gasteiger charge is 2.24. The van der Waals surface area contributed by atoms with Gasteiger partial charge in [0.2, 0.25) is 6.79 Å². The summed E-state index contributed by atoms with van der Waals surface area (Å²) in [5.74, 6) is 1.44. The summed E-state index contributed by atoms with van der Waals surface area (Å²) in [6.07, 6.45) is 5.45. The quantitative estimate of drug-likeness (QED) is 0.715. The first-order valence-electron chi connectivity index (χ1n) is 9.24. The van der Waals surface area contributed by atoms with Gasteiger partial charge in [-0.1, -0.05) is 32.0 Å². The second kappa shape index (κ2) is 7.38. The molecule has 1 aromatic heterocycles. The number of imidazole rings is 1. The number of nitrogens with one attached hydrogen (secondary N) is 1. The Bertz CT molecular complexity index is 963. The molecule has 1 aliphatic rings. The first-order chi connectivity index (χ1) is 13.5. The minimum Gasteiger partial charge on any atom is -0.454 e. The molecule has 0 unspecified atom stereocenters. The van der Waals surface area contributed by atoms with Crippen molar-refractivity contribution in [1.29, 1.82) is 0 Å². The molecule has 0 aliphatic carbocycles. The van der Waals surface area contributed by atoms with Crippen LogP contribution in [0.3, 0.4) is 0 Å². The summed E-state index contributed by atoms with van der Waals surface area (Å²) in [6.45, 7) is 5.70. The van der Waals surface area contributed by atoms with Crippen LogP contribution in [0.4, 0.5) is 0 Å². The lowest BCUT2D eigenvalue weighted by Gasteiger charge is -2.26. The zero-order chi connectivity index (χ0) is 19.6. The molecule has 0 atom stereocenters. The monoisotopic (exact) mass is 377 g/mol. The van der Waals surface area contributed by atoms with E-state index in [9.17, 15) is 4.79 Å². The summed E-state index contributed by atoms with van der Waals surface area (Å²) in [5, 5.41) is 3.04. The molecule has 3 aromatic rings. The fourth-order valence-electron chi connectivity index (χ4n) is 3.18. The van der Waals surface area contributed by atoms with E-state index in [0.29, 0.717) is 12.1 Å². The largest absolute Gasteiger partial charge is 0.454 e. The minimum absolute atomic E-state index is 0.0806. The third-order valence-electron chi connectivity index (χ3n) is 4.99. The third kappa shape index (κ3) is 3.86. The molecule has 2 aromatic carbocycles. The normalized spacial score (nSPS) is 12.8. The molecular weight excluding hydrogens is 354 g/mol. The summed E-state index contributed by atoms with van der Waals surface area (Å²) < 4.78 is 12.8. The third-order valence-corrected chi connectivity index (χ3v) is 4.99. The predicted octanol–water partition coefficient (Wildman–Crippen LogP) is 3.37. The zero-order valence-electron chi connectivity index (χ0n) is 16.0. The Morgan fingerprint density at radius 3 is 2.68 bits per heavy atom. The fraction of sp³-hybridized carbons (Fsp3) is 0.273. The van der Waals surface area contributed by atoms with Gasteiger partial charge in [-0.25, -0.2) is 4.98 Å². The molecule has 2 heterocycles. The molecule has 28 heavy (non-hydrogen) atoms. The van der Waals surface area contributed by atoms with E-state index in [4.69, 9.17) is 9.47 Å². The molecule has 0 fully saturated rings. The Kier molecular flexibility index (Phi) is 4.77. The molecule has 6 heteroatoms. The standard InChI is InChI=1S/C22H23N3O3/c1-22(2,18-7-8-19-20(11-18)28-15-27-19)13-24-21(26)17-5-3-16(4-6-17)12-25-10-9-23-14-25/h3-11,14H,12-13,15H2,1-2H3,(H,24,26). The van der Waals surface area contributed by atoms with Gasteiger partial charge < -0.3 is 19.4 Å². The fourth-order valence-corrected chi connectivity index (χ4v) is 3.18. The van der Waals surface area contributed by atoms with Crippen LogP contribution in [0.2, 0.25) is 0 Å². The molecule has 0 saturated heterocycles. The Balaban J connectivity index is 1.38. The number of hydrogen-bond donors (Lipinski definition) is 1. The van der Waals surface area contributed by atoms with Gasteiger partial charge in [-0.05, 0) is 35.4 Å². The number of fused-ring (bicyclic) bond motifs is 1. The maximum absolute atomic E-state index is 12.6. The summed E-state index contributed by atoms with van der Waals surface area (Å²) in [4.78, 5) is 16.6. The summed E-state index contributed by atoms with van der Waals surface area (Å²) in [7, 11) is 0. The van der Waals surface area contributed by atoms with Crippen LogP contribution in [0.1, 0.15) is 35.3 Å². The zero-order valence-corrected chi connectivity index (χ0v) is 16.0. The van der Waals surface area contributed by atoms with Crippen molar-refractivity contribution in [3.63, 3.8) is 0 Å². The van der Waals surface area contributed by atoms with Crippen LogP contribution < -0.4 is 14.8 Å². The maximum atomic E-state index is 12.6. The Morgan fingerprint density at radius 1 is 1.14 bits per heavy atom. The van der Waals surface area contributed by atoms with Gasteiger partial charge in [0.1, 0.15) is 0 Å². The molecule has 4 rings (SSSR count). The van der Waals surface area contributed by atoms with Crippen molar-refractivity contribution < 1.29 is 14.3 Å². The highest BCUT2D eigenvalue weighted by molar-refractivity contribution is 5.94. The lowest BCUT2D eigenvalue weighted by atomic mass is 9.84. The van der Waals surface area contributed by atoms with Crippen molar-refractivity contribution >= 4 is 5.91 Å². The van der Waals surface area contributed by atoms with Crippen LogP contribution in [0.5, 0.6) is 11.5 Å². The first-order valence-corrected chi connectivity index (χ1v) is 9.24. The number of carbonyl (C=O) groups is 1. The number of carbonyl (C=O) groups excluding carboxylic acids is 1. The highest BCUT2D eigenvalue weighted by Crippen LogP contribution is 2.36. The summed E-state index contributed by atoms with van der Waals surface area (Å²) in [6, 6.07) is 13.6. The van der Waals surface area contributed by atoms with Gasteiger partial charge in [-0.3, -0.25) is 4.79 Å². The SMILES string of the molecule is CC(C)(CNC(=O)c1ccc(Cn2ccnc2)cc1)c1ccc2c(c1)OCO2. The average Bonchev–Trinajstić information content (AvgIpc) is 3.38. The van der Waals surface area contributed by atoms with Crippen LogP contribution in [-0.4, -0.2) is 28.8 Å². The van der Waals surface area contributed by atoms with E-state index in [0.717, 1.165) is 29.2 Å². The maximum Gasteiger partial charge on any atom is 0.251 e. The van der Waals surface area contributed by atoms with Gasteiger partial charge in [-0.15, -0.1) is 0 Å². The van der Waals surface area contributed by atoms with Crippen LogP contribution in [0, 0.1) is 0 Å². The van der Waals surface area contributed by atoms with Crippen molar-refractivity contribution in [2.75, 3.05) is 13.3 Å². The van der Waals surface area contributed by atoms with Crippen molar-refractivity contribution in [2.24, 2.45) is 0 Å². The van der Waals surface area contributed by atoms with Crippen molar-refractivity contribution in [3.05, 3.63) is 77.9 Å². The summed E-state index contributed by atoms with van der Waals surface area (Å²) in [5.41, 5.74) is 2.62. The molecule has 0 bridgehead atoms. The van der Waals surface area contributed by atoms with Crippen LogP contribution >= 0.6 is 0 Å². The molecule has 144 valence electrons. The van der Waals surface area contributed by atoms with Gasteiger partial charge in [0.15, 0.2) is 11.5 Å². The molecule has 1 amide bonds. The van der Waals surface area contributed by atoms with E-state index in [-0.39, 0.29) is 18.1 Å². The molecule has 0 saturated carbocycles. The van der Waals surface area contributed by atoms with E-state index in [1.807, 2.05) is 53.2 Å². The molecule has 0 radical (unpaired) electrons. The number of nitrogens with zero attached hydrogens (tertiary/aromatic N) is 2. The molecular formula is C22H23N3O3. The van der Waals surface area contributed by atoms with E-state index in [1.54, 1.807) is 12.5 Å². The predicted molar refractivity (Wildman–Crippen MR) is 106 cm³/mol. The van der Waals surface area contributed by atoms with Gasteiger partial charge >= 0.3 is 0 Å². The average molecular weight is 377 g/mol.